The molecule has 0 aromatic heterocycles. The molecule has 2 heteroatoms. The fraction of sp³-hybridized carbons (Fsp3) is 0.421. The summed E-state index contributed by atoms with van der Waals surface area (Å²) in [6.07, 6.45) is 12.0. The molecule has 21 heavy (non-hydrogen) atoms. The lowest BCUT2D eigenvalue weighted by molar-refractivity contribution is -0.116. The Bertz CT molecular complexity index is 536. The summed E-state index contributed by atoms with van der Waals surface area (Å²) in [5.74, 6) is -0.00738. The number of carbonyl (C=O) groups is 1. The zero-order chi connectivity index (χ0) is 15.1. The molecule has 1 N–H and O–H groups in total. The second kappa shape index (κ2) is 7.26. The molecule has 0 bridgehead atoms. The average molecular weight is 283 g/mol. The zero-order valence-electron chi connectivity index (χ0n) is 13.1. The molecule has 2 rings (SSSR count). The lowest BCUT2D eigenvalue weighted by Gasteiger charge is -2.30. The van der Waals surface area contributed by atoms with Crippen molar-refractivity contribution in [1.29, 1.82) is 0 Å². The lowest BCUT2D eigenvalue weighted by atomic mass is 9.78. The molecule has 0 heterocycles. The Kier molecular flexibility index (Phi) is 5.38. The Balaban J connectivity index is 2.07. The van der Waals surface area contributed by atoms with Crippen molar-refractivity contribution in [2.24, 2.45) is 0 Å². The predicted octanol–water partition coefficient (Wildman–Crippen LogP) is 4.06. The number of aryl methyl sites for hydroxylation is 1. The van der Waals surface area contributed by atoms with Crippen molar-refractivity contribution in [3.63, 3.8) is 0 Å². The van der Waals surface area contributed by atoms with Crippen molar-refractivity contribution in [2.45, 2.75) is 44.9 Å². The van der Waals surface area contributed by atoms with Gasteiger partial charge in [-0.3, -0.25) is 4.79 Å². The summed E-state index contributed by atoms with van der Waals surface area (Å²) in [7, 11) is 0. The van der Waals surface area contributed by atoms with Crippen LogP contribution in [0.15, 0.2) is 48.6 Å². The molecule has 0 saturated heterocycles. The van der Waals surface area contributed by atoms with Crippen LogP contribution in [-0.4, -0.2) is 12.5 Å². The molecule has 2 nitrogen and oxygen atoms in total. The van der Waals surface area contributed by atoms with Crippen LogP contribution in [0.3, 0.4) is 0 Å². The first-order valence-electron chi connectivity index (χ1n) is 7.81. The Hall–Kier alpha value is -1.83. The minimum atomic E-state index is -0.00738. The molecule has 0 unspecified atom stereocenters. The molecule has 0 atom stereocenters. The number of hydrogen-bond acceptors (Lipinski definition) is 1. The molecule has 0 spiro atoms. The average Bonchev–Trinajstić information content (AvgIpc) is 2.96. The molecule has 1 saturated carbocycles. The van der Waals surface area contributed by atoms with E-state index in [1.54, 1.807) is 12.2 Å². The normalized spacial score (nSPS) is 17.6. The summed E-state index contributed by atoms with van der Waals surface area (Å²) in [6, 6.07) is 8.73. The van der Waals surface area contributed by atoms with E-state index in [9.17, 15) is 4.79 Å². The zero-order valence-corrected chi connectivity index (χ0v) is 13.1. The molecule has 0 radical (unpaired) electrons. The van der Waals surface area contributed by atoms with Gasteiger partial charge in [-0.2, -0.15) is 0 Å². The second-order valence-corrected chi connectivity index (χ2v) is 5.96. The number of hydrogen-bond donors (Lipinski definition) is 1. The number of carbonyl (C=O) groups excluding carboxylic acids is 1. The SMILES string of the molecule is C/C=C/C=C/C(=O)NCC1(c2cccc(C)c2)CCCC1. The maximum Gasteiger partial charge on any atom is 0.244 e. The maximum absolute atomic E-state index is 11.9. The number of rotatable bonds is 5. The number of amides is 1. The summed E-state index contributed by atoms with van der Waals surface area (Å²) in [5, 5.41) is 3.08. The third-order valence-corrected chi connectivity index (χ3v) is 4.34. The van der Waals surface area contributed by atoms with Crippen molar-refractivity contribution < 1.29 is 4.79 Å². The van der Waals surface area contributed by atoms with E-state index >= 15 is 0 Å². The summed E-state index contributed by atoms with van der Waals surface area (Å²) in [6.45, 7) is 4.80. The summed E-state index contributed by atoms with van der Waals surface area (Å²) < 4.78 is 0. The fourth-order valence-corrected chi connectivity index (χ4v) is 3.16. The highest BCUT2D eigenvalue weighted by molar-refractivity contribution is 5.87. The van der Waals surface area contributed by atoms with Crippen LogP contribution in [0.2, 0.25) is 0 Å². The van der Waals surface area contributed by atoms with Gasteiger partial charge in [-0.25, -0.2) is 0 Å². The Morgan fingerprint density at radius 1 is 1.29 bits per heavy atom. The van der Waals surface area contributed by atoms with Crippen molar-refractivity contribution in [3.8, 4) is 0 Å². The number of nitrogens with one attached hydrogen (secondary N) is 1. The van der Waals surface area contributed by atoms with Crippen LogP contribution in [0.25, 0.3) is 0 Å². The van der Waals surface area contributed by atoms with Crippen molar-refractivity contribution in [3.05, 3.63) is 59.7 Å². The highest BCUT2D eigenvalue weighted by Crippen LogP contribution is 2.40. The summed E-state index contributed by atoms with van der Waals surface area (Å²) in [4.78, 5) is 11.9. The van der Waals surface area contributed by atoms with Gasteiger partial charge in [-0.15, -0.1) is 0 Å². The van der Waals surface area contributed by atoms with Crippen LogP contribution < -0.4 is 5.32 Å². The van der Waals surface area contributed by atoms with Crippen LogP contribution in [0.4, 0.5) is 0 Å². The van der Waals surface area contributed by atoms with Gasteiger partial charge in [-0.1, -0.05) is 60.9 Å². The van der Waals surface area contributed by atoms with Crippen LogP contribution in [0, 0.1) is 6.92 Å². The van der Waals surface area contributed by atoms with Gasteiger partial charge < -0.3 is 5.32 Å². The molecule has 1 aliphatic rings. The fourth-order valence-electron chi connectivity index (χ4n) is 3.16. The molecule has 1 amide bonds. The first-order chi connectivity index (χ1) is 10.2. The Labute approximate surface area is 128 Å². The van der Waals surface area contributed by atoms with Gasteiger partial charge in [0.25, 0.3) is 0 Å². The number of allylic oxidation sites excluding steroid dienone is 3. The van der Waals surface area contributed by atoms with E-state index in [-0.39, 0.29) is 11.3 Å². The second-order valence-electron chi connectivity index (χ2n) is 5.96. The van der Waals surface area contributed by atoms with E-state index in [1.807, 2.05) is 19.1 Å². The van der Waals surface area contributed by atoms with Gasteiger partial charge in [0, 0.05) is 18.0 Å². The minimum absolute atomic E-state index is 0.00738. The maximum atomic E-state index is 11.9. The lowest BCUT2D eigenvalue weighted by Crippen LogP contribution is -2.38. The van der Waals surface area contributed by atoms with E-state index in [1.165, 1.54) is 24.0 Å². The third-order valence-electron chi connectivity index (χ3n) is 4.34. The highest BCUT2D eigenvalue weighted by atomic mass is 16.1. The molecule has 1 aromatic carbocycles. The van der Waals surface area contributed by atoms with E-state index in [0.29, 0.717) is 0 Å². The Morgan fingerprint density at radius 2 is 2.05 bits per heavy atom. The largest absolute Gasteiger partial charge is 0.352 e. The minimum Gasteiger partial charge on any atom is -0.352 e. The summed E-state index contributed by atoms with van der Waals surface area (Å²) >= 11 is 0. The smallest absolute Gasteiger partial charge is 0.244 e. The van der Waals surface area contributed by atoms with E-state index in [2.05, 4.69) is 36.5 Å². The molecule has 0 aliphatic heterocycles. The van der Waals surface area contributed by atoms with Crippen LogP contribution in [-0.2, 0) is 10.2 Å². The van der Waals surface area contributed by atoms with Gasteiger partial charge in [0.2, 0.25) is 5.91 Å². The topological polar surface area (TPSA) is 29.1 Å². The highest BCUT2D eigenvalue weighted by Gasteiger charge is 2.35. The third kappa shape index (κ3) is 4.07. The van der Waals surface area contributed by atoms with Gasteiger partial charge in [0.1, 0.15) is 0 Å². The van der Waals surface area contributed by atoms with Gasteiger partial charge in [0.15, 0.2) is 0 Å². The molecular formula is C19H25NO. The van der Waals surface area contributed by atoms with Crippen LogP contribution >= 0.6 is 0 Å². The van der Waals surface area contributed by atoms with Gasteiger partial charge >= 0.3 is 0 Å². The van der Waals surface area contributed by atoms with E-state index in [0.717, 1.165) is 19.4 Å². The van der Waals surface area contributed by atoms with Crippen molar-refractivity contribution in [2.75, 3.05) is 6.54 Å². The molecule has 1 aromatic rings. The van der Waals surface area contributed by atoms with Crippen LogP contribution in [0.5, 0.6) is 0 Å². The standard InChI is InChI=1S/C19H25NO/c1-3-4-5-11-18(21)20-15-19(12-6-7-13-19)17-10-8-9-16(2)14-17/h3-5,8-11,14H,6-7,12-13,15H2,1-2H3,(H,20,21)/b4-3+,11-5+. The van der Waals surface area contributed by atoms with E-state index in [4.69, 9.17) is 0 Å². The van der Waals surface area contributed by atoms with Crippen LogP contribution in [0.1, 0.15) is 43.7 Å². The van der Waals surface area contributed by atoms with Crippen molar-refractivity contribution in [1.82, 2.24) is 5.32 Å². The molecule has 1 aliphatic carbocycles. The van der Waals surface area contributed by atoms with Crippen molar-refractivity contribution >= 4 is 5.91 Å². The quantitative estimate of drug-likeness (QED) is 0.641. The first-order valence-corrected chi connectivity index (χ1v) is 7.81. The molecular weight excluding hydrogens is 258 g/mol. The van der Waals surface area contributed by atoms with Gasteiger partial charge in [0.05, 0.1) is 0 Å². The first kappa shape index (κ1) is 15.6. The molecule has 112 valence electrons. The van der Waals surface area contributed by atoms with Gasteiger partial charge in [-0.05, 0) is 32.3 Å². The monoisotopic (exact) mass is 283 g/mol. The molecule has 1 fully saturated rings. The summed E-state index contributed by atoms with van der Waals surface area (Å²) in [5.41, 5.74) is 2.78. The predicted molar refractivity (Wildman–Crippen MR) is 88.3 cm³/mol. The number of benzene rings is 1. The van der Waals surface area contributed by atoms with E-state index < -0.39 is 0 Å². The Morgan fingerprint density at radius 3 is 2.71 bits per heavy atom.